The Hall–Kier alpha value is -1.06. The Morgan fingerprint density at radius 1 is 1.38 bits per heavy atom. The smallest absolute Gasteiger partial charge is 0.407 e. The van der Waals surface area contributed by atoms with E-state index >= 15 is 0 Å². The minimum atomic E-state index is -0.317. The van der Waals surface area contributed by atoms with Crippen LogP contribution in [0.15, 0.2) is 0 Å². The van der Waals surface area contributed by atoms with Crippen molar-refractivity contribution in [1.29, 1.82) is 0 Å². The van der Waals surface area contributed by atoms with Gasteiger partial charge in [-0.3, -0.25) is 0 Å². The monoisotopic (exact) mass is 227 g/mol. The quantitative estimate of drug-likeness (QED) is 0.579. The fourth-order valence-electron chi connectivity index (χ4n) is 1.92. The van der Waals surface area contributed by atoms with Gasteiger partial charge in [-0.15, -0.1) is 0 Å². The molecular weight excluding hydrogens is 206 g/mol. The van der Waals surface area contributed by atoms with Gasteiger partial charge < -0.3 is 14.8 Å². The molecule has 0 unspecified atom stereocenters. The first-order chi connectivity index (χ1) is 7.76. The zero-order chi connectivity index (χ0) is 11.8. The van der Waals surface area contributed by atoms with E-state index in [4.69, 9.17) is 4.74 Å². The third-order valence-electron chi connectivity index (χ3n) is 3.02. The van der Waals surface area contributed by atoms with Crippen molar-refractivity contribution in [3.63, 3.8) is 0 Å². The summed E-state index contributed by atoms with van der Waals surface area (Å²) in [4.78, 5) is 21.9. The summed E-state index contributed by atoms with van der Waals surface area (Å²) in [6.45, 7) is 2.55. The molecule has 1 rings (SSSR count). The molecule has 1 N–H and O–H groups in total. The third-order valence-corrected chi connectivity index (χ3v) is 3.02. The number of unbranched alkanes of at least 4 members (excludes halogenated alkanes) is 1. The highest BCUT2D eigenvalue weighted by molar-refractivity contribution is 5.67. The molecule has 0 aromatic rings. The Balaban J connectivity index is 2.13. The lowest BCUT2D eigenvalue weighted by molar-refractivity contribution is -0.111. The van der Waals surface area contributed by atoms with Crippen molar-refractivity contribution < 1.29 is 14.3 Å². The molecule has 0 aromatic carbocycles. The van der Waals surface area contributed by atoms with Gasteiger partial charge in [-0.25, -0.2) is 4.79 Å². The first-order valence-electron chi connectivity index (χ1n) is 6.14. The van der Waals surface area contributed by atoms with Crippen molar-refractivity contribution in [2.45, 2.75) is 51.5 Å². The summed E-state index contributed by atoms with van der Waals surface area (Å²) >= 11 is 0. The van der Waals surface area contributed by atoms with Gasteiger partial charge in [0.1, 0.15) is 6.29 Å². The molecule has 0 radical (unpaired) electrons. The van der Waals surface area contributed by atoms with Crippen LogP contribution in [0.4, 0.5) is 4.79 Å². The number of aldehydes is 1. The van der Waals surface area contributed by atoms with E-state index < -0.39 is 0 Å². The van der Waals surface area contributed by atoms with Gasteiger partial charge in [-0.05, 0) is 32.1 Å². The normalized spacial score (nSPS) is 24.8. The largest absolute Gasteiger partial charge is 0.450 e. The molecule has 1 fully saturated rings. The number of carbonyl (C=O) groups is 2. The fraction of sp³-hybridized carbons (Fsp3) is 0.833. The van der Waals surface area contributed by atoms with Crippen molar-refractivity contribution in [3.8, 4) is 0 Å². The first-order valence-corrected chi connectivity index (χ1v) is 6.14. The zero-order valence-electron chi connectivity index (χ0n) is 9.91. The Labute approximate surface area is 96.7 Å². The molecular formula is C12H21NO3. The standard InChI is InChI=1S/C12H21NO3/c1-2-3-8-16-12(15)13-11-6-4-10(9-14)5-7-11/h9-11H,2-8H2,1H3,(H,13,15)/t10-,11-. The predicted octanol–water partition coefficient (Wildman–Crippen LogP) is 2.27. The van der Waals surface area contributed by atoms with Gasteiger partial charge in [-0.1, -0.05) is 13.3 Å². The molecule has 4 nitrogen and oxygen atoms in total. The minimum Gasteiger partial charge on any atom is -0.450 e. The SMILES string of the molecule is CCCCOC(=O)N[C@H]1CC[C@H](C=O)CC1. The van der Waals surface area contributed by atoms with E-state index in [2.05, 4.69) is 12.2 Å². The number of ether oxygens (including phenoxy) is 1. The number of amides is 1. The first kappa shape index (κ1) is 13.0. The Bertz CT molecular complexity index is 222. The molecule has 1 aliphatic rings. The minimum absolute atomic E-state index is 0.185. The summed E-state index contributed by atoms with van der Waals surface area (Å²) in [6, 6.07) is 0.185. The van der Waals surface area contributed by atoms with E-state index in [1.54, 1.807) is 0 Å². The molecule has 0 heterocycles. The summed E-state index contributed by atoms with van der Waals surface area (Å²) < 4.78 is 5.02. The fourth-order valence-corrected chi connectivity index (χ4v) is 1.92. The summed E-state index contributed by atoms with van der Waals surface area (Å²) in [6.07, 6.45) is 6.16. The van der Waals surface area contributed by atoms with Crippen molar-refractivity contribution in [3.05, 3.63) is 0 Å². The highest BCUT2D eigenvalue weighted by Gasteiger charge is 2.22. The second kappa shape index (κ2) is 7.25. The van der Waals surface area contributed by atoms with E-state index in [0.717, 1.165) is 44.8 Å². The molecule has 0 aliphatic heterocycles. The van der Waals surface area contributed by atoms with E-state index in [0.29, 0.717) is 6.61 Å². The predicted molar refractivity (Wildman–Crippen MR) is 61.2 cm³/mol. The van der Waals surface area contributed by atoms with Gasteiger partial charge in [0.15, 0.2) is 0 Å². The molecule has 92 valence electrons. The number of hydrogen-bond acceptors (Lipinski definition) is 3. The van der Waals surface area contributed by atoms with Gasteiger partial charge in [0.25, 0.3) is 0 Å². The molecule has 0 saturated heterocycles. The summed E-state index contributed by atoms with van der Waals surface area (Å²) in [5.41, 5.74) is 0. The van der Waals surface area contributed by atoms with Crippen LogP contribution in [-0.4, -0.2) is 25.0 Å². The topological polar surface area (TPSA) is 55.4 Å². The van der Waals surface area contributed by atoms with Gasteiger partial charge in [0, 0.05) is 12.0 Å². The lowest BCUT2D eigenvalue weighted by atomic mass is 9.87. The van der Waals surface area contributed by atoms with Crippen LogP contribution in [0.5, 0.6) is 0 Å². The summed E-state index contributed by atoms with van der Waals surface area (Å²) in [5.74, 6) is 0.189. The highest BCUT2D eigenvalue weighted by Crippen LogP contribution is 2.22. The lowest BCUT2D eigenvalue weighted by Gasteiger charge is -2.25. The number of alkyl carbamates (subject to hydrolysis) is 1. The number of rotatable bonds is 5. The molecule has 1 aliphatic carbocycles. The second-order valence-electron chi connectivity index (χ2n) is 4.38. The van der Waals surface area contributed by atoms with Crippen LogP contribution in [0.2, 0.25) is 0 Å². The Kier molecular flexibility index (Phi) is 5.90. The second-order valence-corrected chi connectivity index (χ2v) is 4.38. The average Bonchev–Trinajstić information content (AvgIpc) is 2.30. The lowest BCUT2D eigenvalue weighted by Crippen LogP contribution is -2.38. The highest BCUT2D eigenvalue weighted by atomic mass is 16.5. The van der Waals surface area contributed by atoms with Crippen LogP contribution in [0.1, 0.15) is 45.4 Å². The van der Waals surface area contributed by atoms with E-state index in [1.165, 1.54) is 0 Å². The number of carbonyl (C=O) groups excluding carboxylic acids is 2. The van der Waals surface area contributed by atoms with Gasteiger partial charge in [0.05, 0.1) is 6.61 Å². The molecule has 4 heteroatoms. The average molecular weight is 227 g/mol. The molecule has 16 heavy (non-hydrogen) atoms. The molecule has 1 amide bonds. The van der Waals surface area contributed by atoms with Crippen molar-refractivity contribution >= 4 is 12.4 Å². The van der Waals surface area contributed by atoms with Gasteiger partial charge >= 0.3 is 6.09 Å². The van der Waals surface area contributed by atoms with E-state index in [1.807, 2.05) is 0 Å². The Morgan fingerprint density at radius 2 is 2.06 bits per heavy atom. The third kappa shape index (κ3) is 4.64. The van der Waals surface area contributed by atoms with Crippen LogP contribution in [0.3, 0.4) is 0 Å². The molecule has 0 bridgehead atoms. The summed E-state index contributed by atoms with van der Waals surface area (Å²) in [5, 5.41) is 2.85. The van der Waals surface area contributed by atoms with Gasteiger partial charge in [-0.2, -0.15) is 0 Å². The maximum absolute atomic E-state index is 11.3. The molecule has 1 saturated carbocycles. The zero-order valence-corrected chi connectivity index (χ0v) is 9.91. The number of nitrogens with one attached hydrogen (secondary N) is 1. The molecule has 0 spiro atoms. The van der Waals surface area contributed by atoms with Crippen LogP contribution < -0.4 is 5.32 Å². The van der Waals surface area contributed by atoms with Gasteiger partial charge in [0.2, 0.25) is 0 Å². The Morgan fingerprint density at radius 3 is 2.62 bits per heavy atom. The molecule has 0 aromatic heterocycles. The molecule has 0 atom stereocenters. The van der Waals surface area contributed by atoms with E-state index in [-0.39, 0.29) is 18.1 Å². The van der Waals surface area contributed by atoms with Crippen molar-refractivity contribution in [2.24, 2.45) is 5.92 Å². The van der Waals surface area contributed by atoms with Crippen molar-refractivity contribution in [2.75, 3.05) is 6.61 Å². The van der Waals surface area contributed by atoms with Crippen LogP contribution in [0, 0.1) is 5.92 Å². The number of hydrogen-bond donors (Lipinski definition) is 1. The maximum atomic E-state index is 11.3. The van der Waals surface area contributed by atoms with Crippen LogP contribution in [0.25, 0.3) is 0 Å². The summed E-state index contributed by atoms with van der Waals surface area (Å²) in [7, 11) is 0. The van der Waals surface area contributed by atoms with E-state index in [9.17, 15) is 9.59 Å². The van der Waals surface area contributed by atoms with Crippen LogP contribution in [-0.2, 0) is 9.53 Å². The van der Waals surface area contributed by atoms with Crippen molar-refractivity contribution in [1.82, 2.24) is 5.32 Å². The maximum Gasteiger partial charge on any atom is 0.407 e. The van der Waals surface area contributed by atoms with Crippen LogP contribution >= 0.6 is 0 Å².